The van der Waals surface area contributed by atoms with Crippen molar-refractivity contribution in [2.75, 3.05) is 0 Å². The first kappa shape index (κ1) is 37.3. The fourth-order valence-corrected chi connectivity index (χ4v) is 7.35. The fourth-order valence-electron chi connectivity index (χ4n) is 7.35. The summed E-state index contributed by atoms with van der Waals surface area (Å²) in [5, 5.41) is 7.48. The average molecular weight is 868 g/mol. The Bertz CT molecular complexity index is 2400. The largest absolute Gasteiger partial charge is 2.00 e. The van der Waals surface area contributed by atoms with E-state index in [1.54, 1.807) is 0 Å². The third kappa shape index (κ3) is 6.88. The van der Waals surface area contributed by atoms with Gasteiger partial charge in [-0.25, -0.2) is 4.98 Å². The molecule has 0 aliphatic carbocycles. The van der Waals surface area contributed by atoms with E-state index in [2.05, 4.69) is 163 Å². The van der Waals surface area contributed by atoms with Gasteiger partial charge in [0, 0.05) is 34.2 Å². The molecule has 0 atom stereocenters. The molecule has 0 bridgehead atoms. The van der Waals surface area contributed by atoms with Crippen LogP contribution in [0, 0.1) is 32.9 Å². The van der Waals surface area contributed by atoms with Crippen molar-refractivity contribution in [3.63, 3.8) is 0 Å². The van der Waals surface area contributed by atoms with Gasteiger partial charge in [0.15, 0.2) is 0 Å². The van der Waals surface area contributed by atoms with Crippen molar-refractivity contribution >= 4 is 21.8 Å². The molecule has 0 saturated carbocycles. The molecule has 0 unspecified atom stereocenters. The van der Waals surface area contributed by atoms with E-state index < -0.39 is 0 Å². The van der Waals surface area contributed by atoms with Crippen LogP contribution >= 0.6 is 0 Å². The van der Waals surface area contributed by atoms with Gasteiger partial charge in [-0.3, -0.25) is 4.68 Å². The Hall–Kier alpha value is -4.47. The van der Waals surface area contributed by atoms with E-state index in [9.17, 15) is 0 Å². The Labute approximate surface area is 323 Å². The molecular formula is C46H48N4OPt. The molecule has 0 aliphatic rings. The predicted octanol–water partition coefficient (Wildman–Crippen LogP) is 11.9. The molecule has 268 valence electrons. The van der Waals surface area contributed by atoms with Gasteiger partial charge < -0.3 is 9.30 Å². The normalized spacial score (nSPS) is 12.0. The zero-order valence-corrected chi connectivity index (χ0v) is 34.3. The maximum absolute atomic E-state index is 6.73. The van der Waals surface area contributed by atoms with Crippen molar-refractivity contribution in [1.82, 2.24) is 19.3 Å². The van der Waals surface area contributed by atoms with E-state index in [0.29, 0.717) is 11.5 Å². The van der Waals surface area contributed by atoms with Crippen LogP contribution in [0.1, 0.15) is 88.5 Å². The number of benzene rings is 4. The van der Waals surface area contributed by atoms with E-state index in [1.807, 2.05) is 12.3 Å². The summed E-state index contributed by atoms with van der Waals surface area (Å²) in [6, 6.07) is 35.0. The standard InChI is InChI=1S/C46H48N4O.Pt/c1-11-15-32-22-23-47-41(24-32)49-39-19-13-12-18-37(39)38-21-20-35(28-40(38)49)51-36-26-33(45(5,6)7)25-34(27-36)50-44(46(8,9)10)43(31(4)48-50)42-29(2)16-14-17-30(42)3;/h12-14,16-26H,11,15H2,1-10H3;/q-2;+2. The van der Waals surface area contributed by atoms with Crippen molar-refractivity contribution in [1.29, 1.82) is 0 Å². The van der Waals surface area contributed by atoms with Gasteiger partial charge in [0.25, 0.3) is 0 Å². The topological polar surface area (TPSA) is 44.9 Å². The number of hydrogen-bond donors (Lipinski definition) is 0. The zero-order chi connectivity index (χ0) is 36.2. The SMILES string of the molecule is CCCc1ccnc(-n2c3[c-]c(Oc4[c-]c(-n5nc(C)c(-c6c(C)cccc6C)c5C(C)(C)C)cc(C(C)(C)C)c4)ccc3c3ccccc32)c1.[Pt+2]. The second-order valence-corrected chi connectivity index (χ2v) is 15.9. The molecule has 0 radical (unpaired) electrons. The second kappa shape index (κ2) is 14.2. The Kier molecular flexibility index (Phi) is 10.2. The van der Waals surface area contributed by atoms with Crippen LogP contribution in [0.25, 0.3) is 44.4 Å². The third-order valence-electron chi connectivity index (χ3n) is 9.78. The summed E-state index contributed by atoms with van der Waals surface area (Å²) >= 11 is 0. The number of fused-ring (bicyclic) bond motifs is 3. The first-order valence-corrected chi connectivity index (χ1v) is 18.1. The Morgan fingerprint density at radius 3 is 2.15 bits per heavy atom. The van der Waals surface area contributed by atoms with Gasteiger partial charge in [-0.15, -0.1) is 41.3 Å². The van der Waals surface area contributed by atoms with Crippen molar-refractivity contribution in [2.24, 2.45) is 0 Å². The molecule has 5 nitrogen and oxygen atoms in total. The van der Waals surface area contributed by atoms with Gasteiger partial charge in [-0.05, 0) is 84.1 Å². The van der Waals surface area contributed by atoms with Crippen LogP contribution in [-0.4, -0.2) is 19.3 Å². The molecule has 52 heavy (non-hydrogen) atoms. The molecule has 3 aromatic heterocycles. The van der Waals surface area contributed by atoms with Crippen LogP contribution in [0.4, 0.5) is 0 Å². The van der Waals surface area contributed by atoms with E-state index in [-0.39, 0.29) is 31.9 Å². The van der Waals surface area contributed by atoms with Crippen molar-refractivity contribution in [3.8, 4) is 34.1 Å². The molecular weight excluding hydrogens is 820 g/mol. The van der Waals surface area contributed by atoms with Crippen LogP contribution in [0.2, 0.25) is 0 Å². The molecule has 7 aromatic rings. The van der Waals surface area contributed by atoms with Gasteiger partial charge in [0.2, 0.25) is 0 Å². The minimum absolute atomic E-state index is 0. The van der Waals surface area contributed by atoms with E-state index in [0.717, 1.165) is 63.1 Å². The number of nitrogens with zero attached hydrogens (tertiary/aromatic N) is 4. The third-order valence-corrected chi connectivity index (χ3v) is 9.78. The van der Waals surface area contributed by atoms with Crippen LogP contribution in [-0.2, 0) is 38.3 Å². The number of rotatable bonds is 7. The van der Waals surface area contributed by atoms with E-state index in [4.69, 9.17) is 14.8 Å². The maximum atomic E-state index is 6.73. The number of pyridine rings is 1. The monoisotopic (exact) mass is 867 g/mol. The van der Waals surface area contributed by atoms with Crippen LogP contribution in [0.15, 0.2) is 85.1 Å². The Morgan fingerprint density at radius 2 is 1.46 bits per heavy atom. The molecule has 0 spiro atoms. The minimum Gasteiger partial charge on any atom is -0.509 e. The molecule has 6 heteroatoms. The van der Waals surface area contributed by atoms with Crippen LogP contribution in [0.3, 0.4) is 0 Å². The second-order valence-electron chi connectivity index (χ2n) is 15.9. The molecule has 4 aromatic carbocycles. The van der Waals surface area contributed by atoms with Crippen molar-refractivity contribution in [2.45, 2.75) is 92.9 Å². The van der Waals surface area contributed by atoms with Gasteiger partial charge in [0.05, 0.1) is 11.4 Å². The van der Waals surface area contributed by atoms with Crippen molar-refractivity contribution in [3.05, 3.63) is 131 Å². The van der Waals surface area contributed by atoms with E-state index in [1.165, 1.54) is 27.8 Å². The maximum Gasteiger partial charge on any atom is 2.00 e. The van der Waals surface area contributed by atoms with Gasteiger partial charge in [-0.2, -0.15) is 11.2 Å². The average Bonchev–Trinajstić information content (AvgIpc) is 3.59. The van der Waals surface area contributed by atoms with Crippen LogP contribution < -0.4 is 4.74 Å². The molecule has 3 heterocycles. The number of hydrogen-bond acceptors (Lipinski definition) is 3. The molecule has 0 amide bonds. The summed E-state index contributed by atoms with van der Waals surface area (Å²) in [6.45, 7) is 22.2. The first-order valence-electron chi connectivity index (χ1n) is 18.1. The van der Waals surface area contributed by atoms with E-state index >= 15 is 0 Å². The number of aryl methyl sites for hydroxylation is 4. The van der Waals surface area contributed by atoms with Gasteiger partial charge in [0.1, 0.15) is 5.82 Å². The van der Waals surface area contributed by atoms with Crippen LogP contribution in [0.5, 0.6) is 11.5 Å². The quantitative estimate of drug-likeness (QED) is 0.150. The van der Waals surface area contributed by atoms with Crippen molar-refractivity contribution < 1.29 is 25.8 Å². The molecule has 0 aliphatic heterocycles. The Balaban J connectivity index is 0.00000464. The number of ether oxygens (including phenoxy) is 1. The molecule has 0 N–H and O–H groups in total. The summed E-state index contributed by atoms with van der Waals surface area (Å²) < 4.78 is 11.0. The zero-order valence-electron chi connectivity index (χ0n) is 32.0. The molecule has 0 fully saturated rings. The number of aromatic nitrogens is 4. The number of para-hydroxylation sites is 1. The molecule has 7 rings (SSSR count). The summed E-state index contributed by atoms with van der Waals surface area (Å²) in [5.74, 6) is 2.13. The summed E-state index contributed by atoms with van der Waals surface area (Å²) in [4.78, 5) is 4.82. The minimum atomic E-state index is -0.202. The summed E-state index contributed by atoms with van der Waals surface area (Å²) in [5.41, 5.74) is 12.0. The Morgan fingerprint density at radius 1 is 0.731 bits per heavy atom. The van der Waals surface area contributed by atoms with Gasteiger partial charge >= 0.3 is 21.1 Å². The summed E-state index contributed by atoms with van der Waals surface area (Å²) in [6.07, 6.45) is 3.99. The molecule has 0 saturated heterocycles. The first-order chi connectivity index (χ1) is 24.2. The smallest absolute Gasteiger partial charge is 0.509 e. The predicted molar refractivity (Wildman–Crippen MR) is 211 cm³/mol. The van der Waals surface area contributed by atoms with Gasteiger partial charge in [-0.1, -0.05) is 96.8 Å². The summed E-state index contributed by atoms with van der Waals surface area (Å²) in [7, 11) is 0. The fraction of sp³-hybridized carbons (Fsp3) is 0.304.